The maximum Gasteiger partial charge on any atom is 0.317 e. The quantitative estimate of drug-likeness (QED) is 0.907. The second kappa shape index (κ2) is 7.76. The predicted molar refractivity (Wildman–Crippen MR) is 94.9 cm³/mol. The van der Waals surface area contributed by atoms with Crippen molar-refractivity contribution in [2.75, 3.05) is 26.2 Å². The van der Waals surface area contributed by atoms with Crippen LogP contribution in [0.1, 0.15) is 24.1 Å². The Kier molecular flexibility index (Phi) is 5.46. The summed E-state index contributed by atoms with van der Waals surface area (Å²) >= 11 is 0. The molecule has 1 aliphatic heterocycles. The van der Waals surface area contributed by atoms with Crippen molar-refractivity contribution >= 4 is 5.97 Å². The van der Waals surface area contributed by atoms with Gasteiger partial charge in [-0.3, -0.25) is 14.6 Å². The molecule has 0 bridgehead atoms. The average molecular weight is 342 g/mol. The van der Waals surface area contributed by atoms with Crippen LogP contribution in [0.4, 0.5) is 4.39 Å². The highest BCUT2D eigenvalue weighted by atomic mass is 19.1. The fourth-order valence-electron chi connectivity index (χ4n) is 3.59. The number of aliphatic carboxylic acids is 1. The molecule has 25 heavy (non-hydrogen) atoms. The van der Waals surface area contributed by atoms with Crippen LogP contribution in [0.25, 0.3) is 0 Å². The smallest absolute Gasteiger partial charge is 0.317 e. The number of carboxylic acids is 1. The molecule has 4 nitrogen and oxygen atoms in total. The molecule has 1 saturated heterocycles. The van der Waals surface area contributed by atoms with E-state index < -0.39 is 5.97 Å². The number of benzene rings is 2. The third kappa shape index (κ3) is 4.06. The number of nitrogens with zero attached hydrogens (tertiary/aromatic N) is 2. The van der Waals surface area contributed by atoms with Gasteiger partial charge in [-0.2, -0.15) is 0 Å². The number of halogens is 1. The summed E-state index contributed by atoms with van der Waals surface area (Å²) in [6, 6.07) is 16.7. The van der Waals surface area contributed by atoms with E-state index in [-0.39, 0.29) is 24.4 Å². The van der Waals surface area contributed by atoms with Crippen molar-refractivity contribution in [1.82, 2.24) is 9.80 Å². The first-order chi connectivity index (χ1) is 12.1. The zero-order valence-corrected chi connectivity index (χ0v) is 14.3. The lowest BCUT2D eigenvalue weighted by Crippen LogP contribution is -2.54. The Hall–Kier alpha value is -2.24. The van der Waals surface area contributed by atoms with Crippen LogP contribution in [-0.2, 0) is 4.79 Å². The Morgan fingerprint density at radius 3 is 2.48 bits per heavy atom. The summed E-state index contributed by atoms with van der Waals surface area (Å²) in [5.41, 5.74) is 1.71. The third-order valence-electron chi connectivity index (χ3n) is 4.82. The number of hydrogen-bond acceptors (Lipinski definition) is 3. The van der Waals surface area contributed by atoms with Crippen molar-refractivity contribution in [2.45, 2.75) is 19.0 Å². The second-order valence-electron chi connectivity index (χ2n) is 6.54. The Bertz CT molecular complexity index is 723. The molecule has 1 unspecified atom stereocenters. The fourth-order valence-corrected chi connectivity index (χ4v) is 3.59. The maximum absolute atomic E-state index is 14.5. The monoisotopic (exact) mass is 342 g/mol. The summed E-state index contributed by atoms with van der Waals surface area (Å²) < 4.78 is 14.5. The van der Waals surface area contributed by atoms with E-state index in [0.717, 1.165) is 5.56 Å². The van der Waals surface area contributed by atoms with Gasteiger partial charge in [-0.1, -0.05) is 48.5 Å². The minimum atomic E-state index is -0.811. The topological polar surface area (TPSA) is 43.8 Å². The molecule has 0 amide bonds. The summed E-state index contributed by atoms with van der Waals surface area (Å²) in [7, 11) is 0. The molecule has 0 radical (unpaired) electrons. The molecule has 3 rings (SSSR count). The summed E-state index contributed by atoms with van der Waals surface area (Å²) in [4.78, 5) is 15.2. The van der Waals surface area contributed by atoms with Gasteiger partial charge in [-0.15, -0.1) is 0 Å². The van der Waals surface area contributed by atoms with E-state index in [4.69, 9.17) is 5.11 Å². The molecule has 2 aromatic rings. The fraction of sp³-hybridized carbons (Fsp3) is 0.350. The predicted octanol–water partition coefficient (Wildman–Crippen LogP) is 3.01. The van der Waals surface area contributed by atoms with Crippen LogP contribution < -0.4 is 0 Å². The van der Waals surface area contributed by atoms with Crippen molar-refractivity contribution in [3.8, 4) is 0 Å². The zero-order valence-electron chi connectivity index (χ0n) is 14.3. The van der Waals surface area contributed by atoms with Gasteiger partial charge in [-0.05, 0) is 18.6 Å². The Morgan fingerprint density at radius 1 is 1.16 bits per heavy atom. The molecule has 5 heteroatoms. The summed E-state index contributed by atoms with van der Waals surface area (Å²) in [6.45, 7) is 4.13. The molecular weight excluding hydrogens is 319 g/mol. The van der Waals surface area contributed by atoms with Crippen LogP contribution in [0.15, 0.2) is 54.6 Å². The van der Waals surface area contributed by atoms with E-state index in [1.807, 2.05) is 54.3 Å². The third-order valence-corrected chi connectivity index (χ3v) is 4.82. The normalized spacial score (nSPS) is 20.3. The maximum atomic E-state index is 14.5. The van der Waals surface area contributed by atoms with Gasteiger partial charge >= 0.3 is 5.97 Å². The van der Waals surface area contributed by atoms with Crippen molar-refractivity contribution in [1.29, 1.82) is 0 Å². The molecular formula is C20H23FN2O2. The van der Waals surface area contributed by atoms with Crippen LogP contribution in [0.3, 0.4) is 0 Å². The molecule has 2 atom stereocenters. The van der Waals surface area contributed by atoms with Gasteiger partial charge < -0.3 is 5.11 Å². The van der Waals surface area contributed by atoms with E-state index in [9.17, 15) is 9.18 Å². The van der Waals surface area contributed by atoms with Gasteiger partial charge in [0.05, 0.1) is 12.6 Å². The number of piperazine rings is 1. The minimum absolute atomic E-state index is 0.0463. The van der Waals surface area contributed by atoms with Gasteiger partial charge in [0.2, 0.25) is 0 Å². The van der Waals surface area contributed by atoms with Gasteiger partial charge in [-0.25, -0.2) is 4.39 Å². The van der Waals surface area contributed by atoms with Crippen LogP contribution in [0, 0.1) is 5.82 Å². The lowest BCUT2D eigenvalue weighted by molar-refractivity contribution is -0.139. The molecule has 1 N–H and O–H groups in total. The molecule has 132 valence electrons. The number of carboxylic acid groups (broad SMARTS) is 1. The SMILES string of the molecule is C[C@@H]1CN(C(c2ccccc2)c2ccccc2F)CCN1CC(=O)O. The van der Waals surface area contributed by atoms with E-state index in [1.54, 1.807) is 6.07 Å². The van der Waals surface area contributed by atoms with E-state index in [0.29, 0.717) is 25.2 Å². The Balaban J connectivity index is 1.89. The number of rotatable bonds is 5. The first kappa shape index (κ1) is 17.6. The average Bonchev–Trinajstić information content (AvgIpc) is 2.60. The van der Waals surface area contributed by atoms with Crippen molar-refractivity contribution in [2.24, 2.45) is 0 Å². The second-order valence-corrected chi connectivity index (χ2v) is 6.54. The first-order valence-corrected chi connectivity index (χ1v) is 8.55. The van der Waals surface area contributed by atoms with Gasteiger partial charge in [0.25, 0.3) is 0 Å². The van der Waals surface area contributed by atoms with Crippen LogP contribution in [-0.4, -0.2) is 53.1 Å². The highest BCUT2D eigenvalue weighted by molar-refractivity contribution is 5.69. The summed E-state index contributed by atoms with van der Waals surface area (Å²) in [6.07, 6.45) is 0. The van der Waals surface area contributed by atoms with Gasteiger partial charge in [0.1, 0.15) is 5.82 Å². The largest absolute Gasteiger partial charge is 0.480 e. The Labute approximate surface area is 147 Å². The van der Waals surface area contributed by atoms with Gasteiger partial charge in [0.15, 0.2) is 0 Å². The van der Waals surface area contributed by atoms with Gasteiger partial charge in [0, 0.05) is 31.2 Å². The molecule has 2 aromatic carbocycles. The Morgan fingerprint density at radius 2 is 1.84 bits per heavy atom. The zero-order chi connectivity index (χ0) is 17.8. The first-order valence-electron chi connectivity index (χ1n) is 8.55. The van der Waals surface area contributed by atoms with Crippen molar-refractivity contribution in [3.63, 3.8) is 0 Å². The number of hydrogen-bond donors (Lipinski definition) is 1. The van der Waals surface area contributed by atoms with Crippen molar-refractivity contribution < 1.29 is 14.3 Å². The standard InChI is InChI=1S/C20H23FN2O2/c1-15-13-23(12-11-22(15)14-19(24)25)20(16-7-3-2-4-8-16)17-9-5-6-10-18(17)21/h2-10,15,20H,11-14H2,1H3,(H,24,25)/t15-,20?/m1/s1. The van der Waals surface area contributed by atoms with E-state index in [2.05, 4.69) is 4.90 Å². The van der Waals surface area contributed by atoms with Crippen LogP contribution in [0.5, 0.6) is 0 Å². The highest BCUT2D eigenvalue weighted by Gasteiger charge is 2.31. The molecule has 0 spiro atoms. The lowest BCUT2D eigenvalue weighted by Gasteiger charge is -2.43. The van der Waals surface area contributed by atoms with Crippen molar-refractivity contribution in [3.05, 3.63) is 71.5 Å². The lowest BCUT2D eigenvalue weighted by atomic mass is 9.95. The summed E-state index contributed by atoms with van der Waals surface area (Å²) in [5, 5.41) is 9.05. The highest BCUT2D eigenvalue weighted by Crippen LogP contribution is 2.32. The molecule has 0 aromatic heterocycles. The molecule has 0 saturated carbocycles. The van der Waals surface area contributed by atoms with E-state index in [1.165, 1.54) is 6.07 Å². The van der Waals surface area contributed by atoms with E-state index >= 15 is 0 Å². The van der Waals surface area contributed by atoms with Crippen LogP contribution in [0.2, 0.25) is 0 Å². The van der Waals surface area contributed by atoms with Crippen LogP contribution >= 0.6 is 0 Å². The molecule has 1 fully saturated rings. The minimum Gasteiger partial charge on any atom is -0.480 e. The molecule has 1 aliphatic rings. The molecule has 1 heterocycles. The summed E-state index contributed by atoms with van der Waals surface area (Å²) in [5.74, 6) is -1.02. The molecule has 0 aliphatic carbocycles. The number of carbonyl (C=O) groups is 1.